The van der Waals surface area contributed by atoms with Gasteiger partial charge in [-0.1, -0.05) is 23.8 Å². The van der Waals surface area contributed by atoms with Gasteiger partial charge < -0.3 is 14.8 Å². The Morgan fingerprint density at radius 3 is 2.68 bits per heavy atom. The molecule has 0 unspecified atom stereocenters. The fourth-order valence-corrected chi connectivity index (χ4v) is 4.62. The van der Waals surface area contributed by atoms with Crippen LogP contribution < -0.4 is 19.1 Å². The number of fused-ring (bicyclic) bond motifs is 1. The van der Waals surface area contributed by atoms with Gasteiger partial charge in [0.2, 0.25) is 15.9 Å². The monoisotopic (exact) mass is 446 g/mol. The Morgan fingerprint density at radius 1 is 1.26 bits per heavy atom. The van der Waals surface area contributed by atoms with Crippen LogP contribution in [0.2, 0.25) is 0 Å². The minimum absolute atomic E-state index is 0.276. The quantitative estimate of drug-likeness (QED) is 0.703. The zero-order chi connectivity index (χ0) is 22.8. The van der Waals surface area contributed by atoms with Gasteiger partial charge in [0.1, 0.15) is 23.6 Å². The minimum atomic E-state index is -3.68. The Morgan fingerprint density at radius 2 is 2.00 bits per heavy atom. The van der Waals surface area contributed by atoms with Crippen molar-refractivity contribution in [1.29, 1.82) is 0 Å². The molecule has 31 heavy (non-hydrogen) atoms. The van der Waals surface area contributed by atoms with E-state index in [9.17, 15) is 13.2 Å². The van der Waals surface area contributed by atoms with Crippen molar-refractivity contribution in [2.75, 3.05) is 23.7 Å². The summed E-state index contributed by atoms with van der Waals surface area (Å²) >= 11 is 0. The summed E-state index contributed by atoms with van der Waals surface area (Å²) in [5.74, 6) is 0.892. The highest BCUT2D eigenvalue weighted by Gasteiger charge is 2.35. The molecule has 0 radical (unpaired) electrons. The maximum Gasteiger partial charge on any atom is 0.241 e. The molecule has 1 N–H and O–H groups in total. The Bertz CT molecular complexity index is 1070. The predicted octanol–water partition coefficient (Wildman–Crippen LogP) is 3.58. The lowest BCUT2D eigenvalue weighted by Crippen LogP contribution is -2.45. The number of anilines is 1. The van der Waals surface area contributed by atoms with Crippen LogP contribution in [0.5, 0.6) is 11.5 Å². The molecular weight excluding hydrogens is 416 g/mol. The first kappa shape index (κ1) is 22.9. The number of ether oxygens (including phenoxy) is 2. The van der Waals surface area contributed by atoms with Crippen molar-refractivity contribution in [3.8, 4) is 11.5 Å². The van der Waals surface area contributed by atoms with E-state index in [0.717, 1.165) is 27.4 Å². The van der Waals surface area contributed by atoms with Crippen LogP contribution in [0.4, 0.5) is 5.69 Å². The number of sulfonamides is 1. The molecule has 1 amide bonds. The lowest BCUT2D eigenvalue weighted by atomic mass is 9.89. The molecule has 7 nitrogen and oxygen atoms in total. The zero-order valence-electron chi connectivity index (χ0n) is 18.6. The SMILES string of the molecule is CCOc1cccc(N(CC(=O)N[C@@H]2CC(C)(C)Oc3ccc(C)cc32)S(C)(=O)=O)c1. The number of benzene rings is 2. The number of carbonyl (C=O) groups excluding carboxylic acids is 1. The summed E-state index contributed by atoms with van der Waals surface area (Å²) in [4.78, 5) is 13.0. The van der Waals surface area contributed by atoms with Crippen molar-refractivity contribution < 1.29 is 22.7 Å². The summed E-state index contributed by atoms with van der Waals surface area (Å²) < 4.78 is 37.5. The number of hydrogen-bond acceptors (Lipinski definition) is 5. The van der Waals surface area contributed by atoms with Gasteiger partial charge in [-0.2, -0.15) is 0 Å². The van der Waals surface area contributed by atoms with E-state index >= 15 is 0 Å². The number of amides is 1. The molecule has 1 heterocycles. The highest BCUT2D eigenvalue weighted by Crippen LogP contribution is 2.39. The summed E-state index contributed by atoms with van der Waals surface area (Å²) in [6.45, 7) is 7.90. The maximum atomic E-state index is 13.0. The summed E-state index contributed by atoms with van der Waals surface area (Å²) in [7, 11) is -3.68. The topological polar surface area (TPSA) is 84.9 Å². The standard InChI is InChI=1S/C23H30N2O5S/c1-6-29-18-9-7-8-17(13-18)25(31(5,27)28)15-22(26)24-20-14-23(3,4)30-21-11-10-16(2)12-19(20)21/h7-13,20H,6,14-15H2,1-5H3,(H,24,26)/t20-/m1/s1. The molecule has 0 saturated carbocycles. The molecule has 168 valence electrons. The van der Waals surface area contributed by atoms with Gasteiger partial charge in [-0.05, 0) is 45.9 Å². The first-order valence-corrected chi connectivity index (χ1v) is 12.1. The van der Waals surface area contributed by atoms with Crippen molar-refractivity contribution in [2.24, 2.45) is 0 Å². The molecule has 0 saturated heterocycles. The van der Waals surface area contributed by atoms with E-state index in [1.54, 1.807) is 24.3 Å². The smallest absolute Gasteiger partial charge is 0.241 e. The average Bonchev–Trinajstić information content (AvgIpc) is 2.66. The van der Waals surface area contributed by atoms with Gasteiger partial charge in [0.25, 0.3) is 0 Å². The van der Waals surface area contributed by atoms with Crippen LogP contribution >= 0.6 is 0 Å². The second-order valence-corrected chi connectivity index (χ2v) is 10.3. The molecule has 2 aromatic carbocycles. The van der Waals surface area contributed by atoms with Gasteiger partial charge in [-0.25, -0.2) is 8.42 Å². The molecule has 1 aliphatic heterocycles. The summed E-state index contributed by atoms with van der Waals surface area (Å²) in [6, 6.07) is 12.3. The molecule has 3 rings (SSSR count). The lowest BCUT2D eigenvalue weighted by molar-refractivity contribution is -0.120. The number of nitrogens with one attached hydrogen (secondary N) is 1. The molecule has 8 heteroatoms. The van der Waals surface area contributed by atoms with E-state index in [-0.39, 0.29) is 18.5 Å². The van der Waals surface area contributed by atoms with Gasteiger partial charge in [-0.3, -0.25) is 9.10 Å². The molecule has 2 aromatic rings. The molecular formula is C23H30N2O5S. The predicted molar refractivity (Wildman–Crippen MR) is 121 cm³/mol. The van der Waals surface area contributed by atoms with E-state index in [0.29, 0.717) is 24.5 Å². The van der Waals surface area contributed by atoms with Crippen LogP contribution in [0, 0.1) is 6.92 Å². The van der Waals surface area contributed by atoms with Crippen LogP contribution in [0.1, 0.15) is 44.4 Å². The Hall–Kier alpha value is -2.74. The Kier molecular flexibility index (Phi) is 6.50. The zero-order valence-corrected chi connectivity index (χ0v) is 19.5. The Labute approximate surface area is 184 Å². The molecule has 0 fully saturated rings. The largest absolute Gasteiger partial charge is 0.494 e. The van der Waals surface area contributed by atoms with Crippen LogP contribution in [-0.2, 0) is 14.8 Å². The highest BCUT2D eigenvalue weighted by atomic mass is 32.2. The third kappa shape index (κ3) is 5.70. The van der Waals surface area contributed by atoms with Crippen molar-refractivity contribution in [3.05, 3.63) is 53.6 Å². The number of rotatable bonds is 7. The summed E-state index contributed by atoms with van der Waals surface area (Å²) in [6.07, 6.45) is 1.66. The normalized spacial score (nSPS) is 17.3. The number of hydrogen-bond donors (Lipinski definition) is 1. The van der Waals surface area contributed by atoms with E-state index in [1.807, 2.05) is 45.9 Å². The van der Waals surface area contributed by atoms with Gasteiger partial charge in [0.05, 0.1) is 24.6 Å². The molecule has 0 spiro atoms. The molecule has 1 atom stereocenters. The molecule has 0 aromatic heterocycles. The summed E-state index contributed by atoms with van der Waals surface area (Å²) in [5.41, 5.74) is 1.89. The van der Waals surface area contributed by atoms with E-state index in [1.165, 1.54) is 0 Å². The van der Waals surface area contributed by atoms with Crippen LogP contribution in [-0.4, -0.2) is 39.3 Å². The van der Waals surface area contributed by atoms with Crippen molar-refractivity contribution in [1.82, 2.24) is 5.32 Å². The second kappa shape index (κ2) is 8.78. The van der Waals surface area contributed by atoms with E-state index < -0.39 is 15.6 Å². The Balaban J connectivity index is 1.84. The van der Waals surface area contributed by atoms with Gasteiger partial charge in [0, 0.05) is 18.1 Å². The van der Waals surface area contributed by atoms with Gasteiger partial charge >= 0.3 is 0 Å². The third-order valence-corrected chi connectivity index (χ3v) is 6.20. The second-order valence-electron chi connectivity index (χ2n) is 8.43. The van der Waals surface area contributed by atoms with E-state index in [4.69, 9.17) is 9.47 Å². The maximum absolute atomic E-state index is 13.0. The fourth-order valence-electron chi connectivity index (χ4n) is 3.77. The van der Waals surface area contributed by atoms with Gasteiger partial charge in [0.15, 0.2) is 0 Å². The highest BCUT2D eigenvalue weighted by molar-refractivity contribution is 7.92. The van der Waals surface area contributed by atoms with Crippen molar-refractivity contribution in [3.63, 3.8) is 0 Å². The average molecular weight is 447 g/mol. The van der Waals surface area contributed by atoms with E-state index in [2.05, 4.69) is 5.32 Å². The van der Waals surface area contributed by atoms with Gasteiger partial charge in [-0.15, -0.1) is 0 Å². The molecule has 0 aliphatic carbocycles. The first-order chi connectivity index (χ1) is 14.5. The molecule has 1 aliphatic rings. The summed E-state index contributed by atoms with van der Waals surface area (Å²) in [5, 5.41) is 3.01. The van der Waals surface area contributed by atoms with Crippen LogP contribution in [0.3, 0.4) is 0 Å². The number of carbonyl (C=O) groups is 1. The third-order valence-electron chi connectivity index (χ3n) is 5.06. The number of nitrogens with zero attached hydrogens (tertiary/aromatic N) is 1. The molecule has 0 bridgehead atoms. The van der Waals surface area contributed by atoms with Crippen LogP contribution in [0.25, 0.3) is 0 Å². The minimum Gasteiger partial charge on any atom is -0.494 e. The van der Waals surface area contributed by atoms with Crippen molar-refractivity contribution >= 4 is 21.6 Å². The number of aryl methyl sites for hydroxylation is 1. The first-order valence-electron chi connectivity index (χ1n) is 10.3. The lowest BCUT2D eigenvalue weighted by Gasteiger charge is -2.38. The van der Waals surface area contributed by atoms with Crippen LogP contribution in [0.15, 0.2) is 42.5 Å². The van der Waals surface area contributed by atoms with Crippen molar-refractivity contribution in [2.45, 2.75) is 45.8 Å². The fraction of sp³-hybridized carbons (Fsp3) is 0.435.